The van der Waals surface area contributed by atoms with Gasteiger partial charge in [0.2, 0.25) is 5.91 Å². The number of aromatic nitrogens is 1. The average molecular weight is 286 g/mol. The molecule has 6 heteroatoms. The molecule has 100 valence electrons. The fraction of sp³-hybridized carbons (Fsp3) is 0.583. The van der Waals surface area contributed by atoms with Crippen LogP contribution in [0.1, 0.15) is 39.0 Å². The third-order valence-electron chi connectivity index (χ3n) is 2.28. The number of nitrogens with zero attached hydrogens (tertiary/aromatic N) is 1. The first-order valence-electron chi connectivity index (χ1n) is 6.01. The number of thiazole rings is 1. The van der Waals surface area contributed by atoms with E-state index >= 15 is 0 Å². The molecule has 0 aliphatic rings. The minimum atomic E-state index is 0.0306. The third-order valence-corrected chi connectivity index (χ3v) is 3.87. The highest BCUT2D eigenvalue weighted by molar-refractivity contribution is 8.13. The van der Waals surface area contributed by atoms with Gasteiger partial charge in [0.1, 0.15) is 0 Å². The first kappa shape index (κ1) is 15.2. The van der Waals surface area contributed by atoms with E-state index < -0.39 is 0 Å². The molecule has 18 heavy (non-hydrogen) atoms. The van der Waals surface area contributed by atoms with Crippen LogP contribution in [0.5, 0.6) is 0 Å². The molecule has 1 aromatic rings. The lowest BCUT2D eigenvalue weighted by molar-refractivity contribution is -0.116. The van der Waals surface area contributed by atoms with Crippen molar-refractivity contribution >= 4 is 39.3 Å². The van der Waals surface area contributed by atoms with Gasteiger partial charge in [0, 0.05) is 30.7 Å². The van der Waals surface area contributed by atoms with E-state index in [2.05, 4.69) is 10.3 Å². The number of anilines is 1. The first-order chi connectivity index (χ1) is 8.68. The predicted molar refractivity (Wildman–Crippen MR) is 77.0 cm³/mol. The van der Waals surface area contributed by atoms with Gasteiger partial charge in [-0.2, -0.15) is 0 Å². The maximum absolute atomic E-state index is 11.5. The molecule has 0 aliphatic carbocycles. The quantitative estimate of drug-likeness (QED) is 0.745. The topological polar surface area (TPSA) is 59.1 Å². The van der Waals surface area contributed by atoms with Crippen LogP contribution in [-0.2, 0) is 9.59 Å². The summed E-state index contributed by atoms with van der Waals surface area (Å²) in [5.41, 5.74) is 0. The van der Waals surface area contributed by atoms with Crippen LogP contribution in [0.2, 0.25) is 0 Å². The van der Waals surface area contributed by atoms with Gasteiger partial charge in [-0.15, -0.1) is 11.3 Å². The summed E-state index contributed by atoms with van der Waals surface area (Å²) >= 11 is 2.80. The number of amides is 1. The van der Waals surface area contributed by atoms with Crippen LogP contribution in [-0.4, -0.2) is 21.8 Å². The van der Waals surface area contributed by atoms with Gasteiger partial charge in [-0.1, -0.05) is 24.6 Å². The standard InChI is InChI=1S/C12H18N2O2S2/c1-10(15)17-8-5-3-2-4-6-11(16)14-12-13-7-9-18-12/h7,9H,2-6,8H2,1H3,(H,13,14,16). The number of hydrogen-bond acceptors (Lipinski definition) is 5. The molecule has 1 N–H and O–H groups in total. The zero-order valence-electron chi connectivity index (χ0n) is 10.5. The molecule has 0 atom stereocenters. The van der Waals surface area contributed by atoms with Gasteiger partial charge in [0.05, 0.1) is 0 Å². The Labute approximate surface area is 116 Å². The summed E-state index contributed by atoms with van der Waals surface area (Å²) in [5.74, 6) is 0.920. The molecule has 4 nitrogen and oxygen atoms in total. The summed E-state index contributed by atoms with van der Waals surface area (Å²) in [6, 6.07) is 0. The molecule has 1 rings (SSSR count). The number of hydrogen-bond donors (Lipinski definition) is 1. The van der Waals surface area contributed by atoms with Crippen LogP contribution < -0.4 is 5.32 Å². The summed E-state index contributed by atoms with van der Waals surface area (Å²) in [7, 11) is 0. The molecule has 0 radical (unpaired) electrons. The van der Waals surface area contributed by atoms with E-state index in [1.807, 2.05) is 5.38 Å². The van der Waals surface area contributed by atoms with Crippen LogP contribution in [0.25, 0.3) is 0 Å². The maximum Gasteiger partial charge on any atom is 0.226 e. The van der Waals surface area contributed by atoms with Crippen LogP contribution in [0.3, 0.4) is 0 Å². The fourth-order valence-electron chi connectivity index (χ4n) is 1.42. The minimum Gasteiger partial charge on any atom is -0.302 e. The van der Waals surface area contributed by atoms with Gasteiger partial charge in [0.15, 0.2) is 10.2 Å². The van der Waals surface area contributed by atoms with E-state index in [-0.39, 0.29) is 11.0 Å². The Bertz CT molecular complexity index is 366. The smallest absolute Gasteiger partial charge is 0.226 e. The highest BCUT2D eigenvalue weighted by Gasteiger charge is 2.03. The molecule has 0 saturated heterocycles. The lowest BCUT2D eigenvalue weighted by Gasteiger charge is -2.02. The SMILES string of the molecule is CC(=O)SCCCCCCC(=O)Nc1nccs1. The van der Waals surface area contributed by atoms with Crippen molar-refractivity contribution in [3.8, 4) is 0 Å². The summed E-state index contributed by atoms with van der Waals surface area (Å²) < 4.78 is 0. The second kappa shape index (κ2) is 9.10. The monoisotopic (exact) mass is 286 g/mol. The van der Waals surface area contributed by atoms with E-state index in [1.54, 1.807) is 13.1 Å². The number of unbranched alkanes of at least 4 members (excludes halogenated alkanes) is 3. The van der Waals surface area contributed by atoms with Crippen LogP contribution in [0, 0.1) is 0 Å². The van der Waals surface area contributed by atoms with Crippen molar-refractivity contribution in [3.63, 3.8) is 0 Å². The van der Waals surface area contributed by atoms with Crippen molar-refractivity contribution in [1.29, 1.82) is 0 Å². The van der Waals surface area contributed by atoms with Gasteiger partial charge in [-0.25, -0.2) is 4.98 Å². The lowest BCUT2D eigenvalue weighted by atomic mass is 10.1. The summed E-state index contributed by atoms with van der Waals surface area (Å²) in [6.45, 7) is 1.59. The Hall–Kier alpha value is -0.880. The second-order valence-electron chi connectivity index (χ2n) is 3.89. The van der Waals surface area contributed by atoms with Gasteiger partial charge in [0.25, 0.3) is 0 Å². The maximum atomic E-state index is 11.5. The van der Waals surface area contributed by atoms with E-state index in [0.717, 1.165) is 31.4 Å². The Kier molecular flexibility index (Phi) is 7.68. The zero-order valence-corrected chi connectivity index (χ0v) is 12.1. The van der Waals surface area contributed by atoms with Crippen molar-refractivity contribution in [2.45, 2.75) is 39.0 Å². The van der Waals surface area contributed by atoms with Crippen molar-refractivity contribution in [2.75, 3.05) is 11.1 Å². The summed E-state index contributed by atoms with van der Waals surface area (Å²) in [5, 5.41) is 5.44. The second-order valence-corrected chi connectivity index (χ2v) is 6.06. The summed E-state index contributed by atoms with van der Waals surface area (Å²) in [4.78, 5) is 26.2. The molecule has 0 bridgehead atoms. The molecule has 1 amide bonds. The molecular formula is C12H18N2O2S2. The molecule has 0 aromatic carbocycles. The molecule has 1 aromatic heterocycles. The van der Waals surface area contributed by atoms with Crippen molar-refractivity contribution in [1.82, 2.24) is 4.98 Å². The van der Waals surface area contributed by atoms with Gasteiger partial charge >= 0.3 is 0 Å². The van der Waals surface area contributed by atoms with E-state index in [4.69, 9.17) is 0 Å². The van der Waals surface area contributed by atoms with Crippen LogP contribution in [0.15, 0.2) is 11.6 Å². The molecule has 0 aliphatic heterocycles. The van der Waals surface area contributed by atoms with Gasteiger partial charge in [-0.3, -0.25) is 9.59 Å². The fourth-order valence-corrected chi connectivity index (χ4v) is 2.61. The summed E-state index contributed by atoms with van der Waals surface area (Å²) in [6.07, 6.45) is 6.25. The van der Waals surface area contributed by atoms with Crippen molar-refractivity contribution in [2.24, 2.45) is 0 Å². The Morgan fingerprint density at radius 3 is 2.78 bits per heavy atom. The normalized spacial score (nSPS) is 10.3. The Morgan fingerprint density at radius 1 is 1.33 bits per heavy atom. The van der Waals surface area contributed by atoms with Crippen LogP contribution >= 0.6 is 23.1 Å². The largest absolute Gasteiger partial charge is 0.302 e. The highest BCUT2D eigenvalue weighted by atomic mass is 32.2. The van der Waals surface area contributed by atoms with Gasteiger partial charge < -0.3 is 5.32 Å². The average Bonchev–Trinajstić information content (AvgIpc) is 2.80. The van der Waals surface area contributed by atoms with E-state index in [9.17, 15) is 9.59 Å². The molecule has 0 spiro atoms. The van der Waals surface area contributed by atoms with E-state index in [0.29, 0.717) is 11.6 Å². The van der Waals surface area contributed by atoms with Crippen molar-refractivity contribution in [3.05, 3.63) is 11.6 Å². The predicted octanol–water partition coefficient (Wildman–Crippen LogP) is 3.31. The highest BCUT2D eigenvalue weighted by Crippen LogP contribution is 2.12. The number of carbonyl (C=O) groups is 2. The molecular weight excluding hydrogens is 268 g/mol. The van der Waals surface area contributed by atoms with Crippen molar-refractivity contribution < 1.29 is 9.59 Å². The number of rotatable bonds is 8. The minimum absolute atomic E-state index is 0.0306. The third kappa shape index (κ3) is 7.45. The number of carbonyl (C=O) groups excluding carboxylic acids is 2. The Morgan fingerprint density at radius 2 is 2.11 bits per heavy atom. The van der Waals surface area contributed by atoms with Crippen LogP contribution in [0.4, 0.5) is 5.13 Å². The molecule has 1 heterocycles. The first-order valence-corrected chi connectivity index (χ1v) is 7.87. The molecule has 0 fully saturated rings. The van der Waals surface area contributed by atoms with Gasteiger partial charge in [-0.05, 0) is 12.8 Å². The zero-order chi connectivity index (χ0) is 13.2. The Balaban J connectivity index is 1.94. The number of nitrogens with one attached hydrogen (secondary N) is 1. The van der Waals surface area contributed by atoms with E-state index in [1.165, 1.54) is 23.1 Å². The lowest BCUT2D eigenvalue weighted by Crippen LogP contribution is -2.10. The molecule has 0 saturated carbocycles. The molecule has 0 unspecified atom stereocenters. The number of thioether (sulfide) groups is 1.